The Hall–Kier alpha value is -3.19. The molecule has 1 amide bonds. The second-order valence-electron chi connectivity index (χ2n) is 8.61. The molecule has 3 aromatic rings. The first-order valence-corrected chi connectivity index (χ1v) is 11.3. The van der Waals surface area contributed by atoms with Crippen molar-refractivity contribution in [2.75, 3.05) is 18.0 Å². The lowest BCUT2D eigenvalue weighted by Gasteiger charge is -2.17. The summed E-state index contributed by atoms with van der Waals surface area (Å²) in [6.45, 7) is 9.80. The zero-order valence-corrected chi connectivity index (χ0v) is 19.2. The lowest BCUT2D eigenvalue weighted by atomic mass is 9.99. The molecular formula is C25H32N6O. The summed E-state index contributed by atoms with van der Waals surface area (Å²) in [6, 6.07) is 8.31. The highest BCUT2D eigenvalue weighted by molar-refractivity contribution is 5.95. The van der Waals surface area contributed by atoms with Gasteiger partial charge in [0.1, 0.15) is 5.82 Å². The highest BCUT2D eigenvalue weighted by Crippen LogP contribution is 2.20. The Balaban J connectivity index is 1.44. The fourth-order valence-corrected chi connectivity index (χ4v) is 4.42. The zero-order valence-electron chi connectivity index (χ0n) is 19.2. The average molecular weight is 433 g/mol. The Kier molecular flexibility index (Phi) is 6.55. The molecule has 4 rings (SSSR count). The number of carbonyl (C=O) groups is 1. The van der Waals surface area contributed by atoms with Gasteiger partial charge < -0.3 is 16.0 Å². The molecule has 1 saturated heterocycles. The third-order valence-corrected chi connectivity index (χ3v) is 6.34. The molecule has 0 saturated carbocycles. The highest BCUT2D eigenvalue weighted by Gasteiger charge is 2.17. The predicted octanol–water partition coefficient (Wildman–Crippen LogP) is 3.24. The minimum absolute atomic E-state index is 0.108. The first-order valence-electron chi connectivity index (χ1n) is 11.3. The number of carbonyl (C=O) groups excluding carboxylic acids is 1. The molecule has 7 heteroatoms. The van der Waals surface area contributed by atoms with E-state index in [1.54, 1.807) is 6.20 Å². The maximum atomic E-state index is 12.9. The van der Waals surface area contributed by atoms with Crippen LogP contribution in [0.1, 0.15) is 56.7 Å². The van der Waals surface area contributed by atoms with Gasteiger partial charge in [-0.2, -0.15) is 5.10 Å². The van der Waals surface area contributed by atoms with Crippen LogP contribution in [0.15, 0.2) is 36.7 Å². The van der Waals surface area contributed by atoms with Crippen LogP contribution in [0.3, 0.4) is 0 Å². The van der Waals surface area contributed by atoms with Crippen molar-refractivity contribution < 1.29 is 4.79 Å². The first kappa shape index (κ1) is 22.0. The van der Waals surface area contributed by atoms with Gasteiger partial charge in [-0.15, -0.1) is 0 Å². The van der Waals surface area contributed by atoms with Gasteiger partial charge in [0.2, 0.25) is 0 Å². The minimum Gasteiger partial charge on any atom is -0.357 e. The van der Waals surface area contributed by atoms with Gasteiger partial charge in [-0.05, 0) is 73.6 Å². The number of rotatable bonds is 7. The molecule has 3 N–H and O–H groups in total. The van der Waals surface area contributed by atoms with Crippen molar-refractivity contribution in [2.24, 2.45) is 5.73 Å². The fourth-order valence-electron chi connectivity index (χ4n) is 4.42. The van der Waals surface area contributed by atoms with Crippen molar-refractivity contribution in [3.8, 4) is 0 Å². The topological polar surface area (TPSA) is 89.1 Å². The van der Waals surface area contributed by atoms with Crippen molar-refractivity contribution in [3.05, 3.63) is 75.7 Å². The number of anilines is 1. The number of aromatic nitrogens is 3. The van der Waals surface area contributed by atoms with Crippen LogP contribution in [0.4, 0.5) is 5.82 Å². The van der Waals surface area contributed by atoms with Gasteiger partial charge in [-0.1, -0.05) is 12.1 Å². The highest BCUT2D eigenvalue weighted by atomic mass is 16.1. The summed E-state index contributed by atoms with van der Waals surface area (Å²) < 4.78 is 1.88. The van der Waals surface area contributed by atoms with E-state index in [1.165, 1.54) is 12.8 Å². The van der Waals surface area contributed by atoms with E-state index in [0.29, 0.717) is 25.2 Å². The quantitative estimate of drug-likeness (QED) is 0.598. The molecule has 1 fully saturated rings. The smallest absolute Gasteiger partial charge is 0.255 e. The van der Waals surface area contributed by atoms with E-state index < -0.39 is 0 Å². The Labute approximate surface area is 189 Å². The third-order valence-electron chi connectivity index (χ3n) is 6.34. The van der Waals surface area contributed by atoms with Crippen LogP contribution in [0, 0.1) is 20.8 Å². The fraction of sp³-hybridized carbons (Fsp3) is 0.400. The van der Waals surface area contributed by atoms with E-state index in [1.807, 2.05) is 23.9 Å². The van der Waals surface area contributed by atoms with Crippen molar-refractivity contribution in [1.29, 1.82) is 0 Å². The van der Waals surface area contributed by atoms with Crippen LogP contribution >= 0.6 is 0 Å². The van der Waals surface area contributed by atoms with Gasteiger partial charge in [0, 0.05) is 38.1 Å². The van der Waals surface area contributed by atoms with Crippen LogP contribution in [-0.4, -0.2) is 33.8 Å². The summed E-state index contributed by atoms with van der Waals surface area (Å²) in [6.07, 6.45) is 5.96. The summed E-state index contributed by atoms with van der Waals surface area (Å²) in [5.74, 6) is 0.914. The molecule has 168 valence electrons. The van der Waals surface area contributed by atoms with Crippen molar-refractivity contribution in [1.82, 2.24) is 20.1 Å². The molecule has 7 nitrogen and oxygen atoms in total. The molecular weight excluding hydrogens is 400 g/mol. The Morgan fingerprint density at radius 1 is 1.09 bits per heavy atom. The molecule has 0 aliphatic carbocycles. The molecule has 1 aromatic carbocycles. The van der Waals surface area contributed by atoms with Gasteiger partial charge in [0.15, 0.2) is 0 Å². The van der Waals surface area contributed by atoms with E-state index in [2.05, 4.69) is 52.3 Å². The Morgan fingerprint density at radius 2 is 1.81 bits per heavy atom. The Bertz CT molecular complexity index is 1090. The SMILES string of the molecule is Cc1cc(CN)cc(C)c1CNC(=O)c1cnn(Cc2ccnc(N3CCCC3)c2)c1C. The van der Waals surface area contributed by atoms with Crippen molar-refractivity contribution in [2.45, 2.75) is 53.2 Å². The zero-order chi connectivity index (χ0) is 22.7. The van der Waals surface area contributed by atoms with Gasteiger partial charge in [-0.25, -0.2) is 4.98 Å². The lowest BCUT2D eigenvalue weighted by Crippen LogP contribution is -2.24. The number of nitrogens with one attached hydrogen (secondary N) is 1. The van der Waals surface area contributed by atoms with E-state index in [-0.39, 0.29) is 5.91 Å². The maximum Gasteiger partial charge on any atom is 0.255 e. The molecule has 2 aromatic heterocycles. The molecule has 3 heterocycles. The maximum absolute atomic E-state index is 12.9. The number of hydrogen-bond donors (Lipinski definition) is 2. The second-order valence-corrected chi connectivity index (χ2v) is 8.61. The minimum atomic E-state index is -0.108. The van der Waals surface area contributed by atoms with Crippen LogP contribution in [0.5, 0.6) is 0 Å². The van der Waals surface area contributed by atoms with Gasteiger partial charge in [0.25, 0.3) is 5.91 Å². The molecule has 0 radical (unpaired) electrons. The number of aryl methyl sites for hydroxylation is 2. The van der Waals surface area contributed by atoms with Crippen LogP contribution in [0.2, 0.25) is 0 Å². The van der Waals surface area contributed by atoms with Gasteiger partial charge in [0.05, 0.1) is 18.3 Å². The summed E-state index contributed by atoms with van der Waals surface area (Å²) in [5, 5.41) is 7.54. The summed E-state index contributed by atoms with van der Waals surface area (Å²) in [7, 11) is 0. The van der Waals surface area contributed by atoms with Gasteiger partial charge >= 0.3 is 0 Å². The van der Waals surface area contributed by atoms with Gasteiger partial charge in [-0.3, -0.25) is 9.48 Å². The second kappa shape index (κ2) is 9.53. The number of nitrogens with two attached hydrogens (primary N) is 1. The molecule has 0 spiro atoms. The number of hydrogen-bond acceptors (Lipinski definition) is 5. The molecule has 1 aliphatic heterocycles. The van der Waals surface area contributed by atoms with Crippen molar-refractivity contribution >= 4 is 11.7 Å². The van der Waals surface area contributed by atoms with Crippen LogP contribution in [0.25, 0.3) is 0 Å². The molecule has 1 aliphatic rings. The molecule has 32 heavy (non-hydrogen) atoms. The monoisotopic (exact) mass is 432 g/mol. The average Bonchev–Trinajstić information content (AvgIpc) is 3.44. The summed E-state index contributed by atoms with van der Waals surface area (Å²) >= 11 is 0. The largest absolute Gasteiger partial charge is 0.357 e. The molecule has 0 unspecified atom stereocenters. The van der Waals surface area contributed by atoms with E-state index >= 15 is 0 Å². The van der Waals surface area contributed by atoms with Crippen molar-refractivity contribution in [3.63, 3.8) is 0 Å². The van der Waals surface area contributed by atoms with Crippen LogP contribution < -0.4 is 16.0 Å². The number of pyridine rings is 1. The van der Waals surface area contributed by atoms with E-state index in [9.17, 15) is 4.79 Å². The van der Waals surface area contributed by atoms with Crippen LogP contribution in [-0.2, 0) is 19.6 Å². The predicted molar refractivity (Wildman–Crippen MR) is 127 cm³/mol. The summed E-state index contributed by atoms with van der Waals surface area (Å²) in [4.78, 5) is 19.7. The molecule has 0 atom stereocenters. The number of benzene rings is 1. The Morgan fingerprint density at radius 3 is 2.50 bits per heavy atom. The van der Waals surface area contributed by atoms with E-state index in [4.69, 9.17) is 5.73 Å². The third kappa shape index (κ3) is 4.67. The first-order chi connectivity index (χ1) is 15.5. The summed E-state index contributed by atoms with van der Waals surface area (Å²) in [5.41, 5.74) is 12.9. The van der Waals surface area contributed by atoms with E-state index in [0.717, 1.165) is 52.4 Å². The normalized spacial score (nSPS) is 13.6. The molecule has 0 bridgehead atoms. The number of nitrogens with zero attached hydrogens (tertiary/aromatic N) is 4. The lowest BCUT2D eigenvalue weighted by molar-refractivity contribution is 0.0950. The standard InChI is InChI=1S/C25H32N6O/c1-17-10-21(13-26)11-18(2)22(17)14-28-25(32)23-15-29-31(19(23)3)16-20-6-7-27-24(12-20)30-8-4-5-9-30/h6-7,10-12,15H,4-5,8-9,13-14,16,26H2,1-3H3,(H,28,32). The number of amides is 1.